The van der Waals surface area contributed by atoms with Crippen LogP contribution in [0.1, 0.15) is 45.7 Å². The highest BCUT2D eigenvalue weighted by Gasteiger charge is 2.25. The first kappa shape index (κ1) is 21.1. The molecule has 2 heterocycles. The molecule has 1 aliphatic carbocycles. The van der Waals surface area contributed by atoms with Gasteiger partial charge < -0.3 is 14.8 Å². The fourth-order valence-electron chi connectivity index (χ4n) is 3.78. The Balaban J connectivity index is 1.46. The van der Waals surface area contributed by atoms with Crippen LogP contribution >= 0.6 is 0 Å². The molecule has 0 bridgehead atoms. The van der Waals surface area contributed by atoms with Gasteiger partial charge in [0.05, 0.1) is 12.3 Å². The van der Waals surface area contributed by atoms with Crippen molar-refractivity contribution in [3.8, 4) is 11.6 Å². The molecule has 0 unspecified atom stereocenters. The van der Waals surface area contributed by atoms with E-state index in [9.17, 15) is 4.79 Å². The molecule has 0 radical (unpaired) electrons. The topological polar surface area (TPSA) is 78.3 Å². The smallest absolute Gasteiger partial charge is 0.272 e. The third-order valence-electron chi connectivity index (χ3n) is 5.46. The number of rotatable bonds is 8. The first-order chi connectivity index (χ1) is 15.2. The Hall–Kier alpha value is -3.19. The first-order valence-electron chi connectivity index (χ1n) is 10.7. The Morgan fingerprint density at radius 2 is 1.90 bits per heavy atom. The zero-order valence-electron chi connectivity index (χ0n) is 18.1. The van der Waals surface area contributed by atoms with E-state index in [0.717, 1.165) is 48.2 Å². The monoisotopic (exact) mass is 420 g/mol. The van der Waals surface area contributed by atoms with Crippen LogP contribution in [0, 0.1) is 6.92 Å². The maximum Gasteiger partial charge on any atom is 0.272 e. The Kier molecular flexibility index (Phi) is 6.62. The van der Waals surface area contributed by atoms with Crippen molar-refractivity contribution in [2.24, 2.45) is 0 Å². The number of carbonyl (C=O) groups is 1. The lowest BCUT2D eigenvalue weighted by atomic mass is 9.95. The second-order valence-corrected chi connectivity index (χ2v) is 7.76. The van der Waals surface area contributed by atoms with Gasteiger partial charge in [-0.15, -0.1) is 0 Å². The molecule has 4 rings (SSSR count). The third-order valence-corrected chi connectivity index (χ3v) is 5.46. The number of nitrogens with one attached hydrogen (secondary N) is 1. The molecule has 7 nitrogen and oxygen atoms in total. The average molecular weight is 421 g/mol. The summed E-state index contributed by atoms with van der Waals surface area (Å²) in [5.74, 6) is 0.391. The Morgan fingerprint density at radius 1 is 1.10 bits per heavy atom. The van der Waals surface area contributed by atoms with Crippen molar-refractivity contribution in [2.75, 3.05) is 20.3 Å². The first-order valence-corrected chi connectivity index (χ1v) is 10.7. The van der Waals surface area contributed by atoms with Crippen molar-refractivity contribution in [1.29, 1.82) is 0 Å². The molecule has 0 saturated carbocycles. The van der Waals surface area contributed by atoms with E-state index >= 15 is 0 Å². The van der Waals surface area contributed by atoms with E-state index in [1.54, 1.807) is 19.4 Å². The fourth-order valence-corrected chi connectivity index (χ4v) is 3.78. The zero-order chi connectivity index (χ0) is 21.6. The van der Waals surface area contributed by atoms with Gasteiger partial charge in [-0.2, -0.15) is 5.10 Å². The molecule has 7 heteroatoms. The van der Waals surface area contributed by atoms with E-state index < -0.39 is 0 Å². The highest BCUT2D eigenvalue weighted by molar-refractivity contribution is 5.94. The van der Waals surface area contributed by atoms with Crippen LogP contribution in [0.5, 0.6) is 5.88 Å². The molecule has 1 amide bonds. The molecule has 0 aliphatic heterocycles. The van der Waals surface area contributed by atoms with Crippen molar-refractivity contribution in [3.05, 3.63) is 70.7 Å². The van der Waals surface area contributed by atoms with Crippen LogP contribution in [0.4, 0.5) is 0 Å². The maximum atomic E-state index is 13.0. The molecule has 1 aromatic carbocycles. The van der Waals surface area contributed by atoms with Gasteiger partial charge >= 0.3 is 0 Å². The van der Waals surface area contributed by atoms with Crippen LogP contribution in [0.25, 0.3) is 5.69 Å². The van der Waals surface area contributed by atoms with E-state index in [4.69, 9.17) is 14.6 Å². The summed E-state index contributed by atoms with van der Waals surface area (Å²) in [4.78, 5) is 17.3. The number of methoxy groups -OCH3 is 1. The minimum atomic E-state index is -0.149. The summed E-state index contributed by atoms with van der Waals surface area (Å²) in [6, 6.07) is 12.0. The molecule has 2 aromatic heterocycles. The Morgan fingerprint density at radius 3 is 2.65 bits per heavy atom. The molecule has 1 N–H and O–H groups in total. The number of aryl methyl sites for hydroxylation is 1. The Bertz CT molecular complexity index is 1030. The van der Waals surface area contributed by atoms with E-state index in [1.807, 2.05) is 10.7 Å². The van der Waals surface area contributed by atoms with Crippen LogP contribution in [0.3, 0.4) is 0 Å². The Labute approximate surface area is 182 Å². The van der Waals surface area contributed by atoms with Gasteiger partial charge in [-0.1, -0.05) is 23.8 Å². The SMILES string of the molecule is COCCOc1ccc(CNC(=O)c2nn(-c3ccc(C)cc3)c3c2CCCC3)cn1. The number of aromatic nitrogens is 3. The number of benzene rings is 1. The number of nitrogens with zero attached hydrogens (tertiary/aromatic N) is 3. The van der Waals surface area contributed by atoms with Gasteiger partial charge in [-0.3, -0.25) is 4.79 Å². The molecule has 0 fully saturated rings. The molecule has 3 aromatic rings. The van der Waals surface area contributed by atoms with Gasteiger partial charge in [0.1, 0.15) is 6.61 Å². The van der Waals surface area contributed by atoms with Crippen LogP contribution in [0.2, 0.25) is 0 Å². The molecule has 1 aliphatic rings. The molecule has 0 spiro atoms. The zero-order valence-corrected chi connectivity index (χ0v) is 18.1. The minimum Gasteiger partial charge on any atom is -0.475 e. The lowest BCUT2D eigenvalue weighted by Crippen LogP contribution is -2.24. The normalized spacial score (nSPS) is 13.0. The molecular formula is C24H28N4O3. The molecule has 31 heavy (non-hydrogen) atoms. The second-order valence-electron chi connectivity index (χ2n) is 7.76. The van der Waals surface area contributed by atoms with Crippen LogP contribution < -0.4 is 10.1 Å². The molecule has 0 atom stereocenters. The van der Waals surface area contributed by atoms with Crippen LogP contribution in [0.15, 0.2) is 42.6 Å². The summed E-state index contributed by atoms with van der Waals surface area (Å²) < 4.78 is 12.4. The molecular weight excluding hydrogens is 392 g/mol. The number of pyridine rings is 1. The summed E-state index contributed by atoms with van der Waals surface area (Å²) in [5, 5.41) is 7.71. The van der Waals surface area contributed by atoms with Crippen molar-refractivity contribution in [3.63, 3.8) is 0 Å². The standard InChI is InChI=1S/C24H28N4O3/c1-17-7-10-19(11-8-17)28-21-6-4-3-5-20(21)23(27-28)24(29)26-16-18-9-12-22(25-15-18)31-14-13-30-2/h7-12,15H,3-6,13-14,16H2,1-2H3,(H,26,29). The minimum absolute atomic E-state index is 0.149. The summed E-state index contributed by atoms with van der Waals surface area (Å²) in [7, 11) is 1.63. The predicted octanol–water partition coefficient (Wildman–Crippen LogP) is 3.41. The lowest BCUT2D eigenvalue weighted by Gasteiger charge is -2.14. The highest BCUT2D eigenvalue weighted by atomic mass is 16.5. The lowest BCUT2D eigenvalue weighted by molar-refractivity contribution is 0.0944. The fraction of sp³-hybridized carbons (Fsp3) is 0.375. The summed E-state index contributed by atoms with van der Waals surface area (Å²) in [5.41, 5.74) is 5.85. The summed E-state index contributed by atoms with van der Waals surface area (Å²) >= 11 is 0. The van der Waals surface area contributed by atoms with E-state index in [-0.39, 0.29) is 5.91 Å². The summed E-state index contributed by atoms with van der Waals surface area (Å²) in [6.45, 7) is 3.41. The largest absolute Gasteiger partial charge is 0.475 e. The van der Waals surface area contributed by atoms with E-state index in [1.165, 1.54) is 5.56 Å². The third kappa shape index (κ3) is 4.94. The highest BCUT2D eigenvalue weighted by Crippen LogP contribution is 2.27. The van der Waals surface area contributed by atoms with Crippen molar-refractivity contribution >= 4 is 5.91 Å². The maximum absolute atomic E-state index is 13.0. The summed E-state index contributed by atoms with van der Waals surface area (Å²) in [6.07, 6.45) is 5.75. The quantitative estimate of drug-likeness (QED) is 0.565. The van der Waals surface area contributed by atoms with Gasteiger partial charge in [0, 0.05) is 37.2 Å². The van der Waals surface area contributed by atoms with Gasteiger partial charge in [0.25, 0.3) is 5.91 Å². The van der Waals surface area contributed by atoms with Gasteiger partial charge in [-0.25, -0.2) is 9.67 Å². The van der Waals surface area contributed by atoms with Gasteiger partial charge in [-0.05, 0) is 50.3 Å². The van der Waals surface area contributed by atoms with Crippen molar-refractivity contribution in [1.82, 2.24) is 20.1 Å². The number of carbonyl (C=O) groups excluding carboxylic acids is 1. The van der Waals surface area contributed by atoms with Gasteiger partial charge in [0.15, 0.2) is 5.69 Å². The number of ether oxygens (including phenoxy) is 2. The van der Waals surface area contributed by atoms with Gasteiger partial charge in [0.2, 0.25) is 5.88 Å². The number of fused-ring (bicyclic) bond motifs is 1. The number of hydrogen-bond donors (Lipinski definition) is 1. The van der Waals surface area contributed by atoms with E-state index in [2.05, 4.69) is 41.5 Å². The second kappa shape index (κ2) is 9.75. The van der Waals surface area contributed by atoms with Crippen molar-refractivity contribution in [2.45, 2.75) is 39.2 Å². The van der Waals surface area contributed by atoms with Crippen molar-refractivity contribution < 1.29 is 14.3 Å². The van der Waals surface area contributed by atoms with E-state index in [0.29, 0.717) is 31.3 Å². The molecule has 0 saturated heterocycles. The van der Waals surface area contributed by atoms with Crippen LogP contribution in [-0.2, 0) is 24.1 Å². The number of hydrogen-bond acceptors (Lipinski definition) is 5. The number of amides is 1. The average Bonchev–Trinajstić information content (AvgIpc) is 3.19. The molecule has 162 valence electrons. The van der Waals surface area contributed by atoms with Crippen LogP contribution in [-0.4, -0.2) is 41.0 Å². The predicted molar refractivity (Wildman–Crippen MR) is 118 cm³/mol.